The van der Waals surface area contributed by atoms with Gasteiger partial charge >= 0.3 is 5.97 Å². The molecule has 2 aliphatic carbocycles. The van der Waals surface area contributed by atoms with Crippen LogP contribution in [0, 0.1) is 5.92 Å². The van der Waals surface area contributed by atoms with E-state index in [4.69, 9.17) is 0 Å². The van der Waals surface area contributed by atoms with Crippen LogP contribution in [0.4, 0.5) is 5.69 Å². The van der Waals surface area contributed by atoms with Gasteiger partial charge in [-0.25, -0.2) is 4.79 Å². The molecule has 1 atom stereocenters. The fourth-order valence-electron chi connectivity index (χ4n) is 4.28. The predicted molar refractivity (Wildman–Crippen MR) is 117 cm³/mol. The van der Waals surface area contributed by atoms with Crippen molar-refractivity contribution in [3.05, 3.63) is 27.5 Å². The molecule has 2 aliphatic rings. The van der Waals surface area contributed by atoms with E-state index in [0.29, 0.717) is 31.4 Å². The number of thiophene rings is 1. The Bertz CT molecular complexity index is 796. The normalized spacial score (nSPS) is 25.4. The zero-order valence-electron chi connectivity index (χ0n) is 17.9. The van der Waals surface area contributed by atoms with Crippen molar-refractivity contribution in [2.24, 2.45) is 5.92 Å². The van der Waals surface area contributed by atoms with E-state index in [1.165, 1.54) is 16.9 Å². The summed E-state index contributed by atoms with van der Waals surface area (Å²) in [6.07, 6.45) is 6.96. The quantitative estimate of drug-likeness (QED) is 0.664. The molecule has 1 heterocycles. The average Bonchev–Trinajstić information content (AvgIpc) is 3.10. The summed E-state index contributed by atoms with van der Waals surface area (Å²) in [7, 11) is 0. The van der Waals surface area contributed by atoms with Gasteiger partial charge in [-0.05, 0) is 63.4 Å². The molecule has 160 valence electrons. The largest absolute Gasteiger partial charge is 0.477 e. The molecule has 0 bridgehead atoms. The molecule has 1 aromatic rings. The van der Waals surface area contributed by atoms with Crippen LogP contribution in [0.25, 0.3) is 0 Å². The number of hydrogen-bond donors (Lipinski definition) is 2. The number of anilines is 1. The zero-order chi connectivity index (χ0) is 21.3. The lowest BCUT2D eigenvalue weighted by Crippen LogP contribution is -2.46. The van der Waals surface area contributed by atoms with Crippen molar-refractivity contribution in [1.29, 1.82) is 0 Å². The van der Waals surface area contributed by atoms with Crippen molar-refractivity contribution in [3.8, 4) is 0 Å². The molecule has 1 aromatic heterocycles. The molecule has 6 heteroatoms. The van der Waals surface area contributed by atoms with Crippen LogP contribution in [0.1, 0.15) is 87.2 Å². The number of allylic oxidation sites excluding steroid dienone is 2. The second kappa shape index (κ2) is 8.60. The van der Waals surface area contributed by atoms with Crippen LogP contribution in [0.3, 0.4) is 0 Å². The van der Waals surface area contributed by atoms with Crippen LogP contribution < -0.4 is 4.90 Å². The Balaban J connectivity index is 2.02. The van der Waals surface area contributed by atoms with E-state index in [2.05, 4.69) is 33.8 Å². The lowest BCUT2D eigenvalue weighted by molar-refractivity contribution is -0.123. The zero-order valence-corrected chi connectivity index (χ0v) is 18.7. The Labute approximate surface area is 177 Å². The Morgan fingerprint density at radius 3 is 2.31 bits per heavy atom. The highest BCUT2D eigenvalue weighted by molar-refractivity contribution is 7.14. The van der Waals surface area contributed by atoms with E-state index >= 15 is 0 Å². The minimum atomic E-state index is -0.978. The molecule has 2 N–H and O–H groups in total. The summed E-state index contributed by atoms with van der Waals surface area (Å²) in [4.78, 5) is 28.7. The number of rotatable bonds is 4. The number of aromatic carboxylic acids is 1. The first-order chi connectivity index (χ1) is 13.6. The second-order valence-electron chi connectivity index (χ2n) is 9.57. The Morgan fingerprint density at radius 1 is 1.14 bits per heavy atom. The number of amides is 1. The third-order valence-corrected chi connectivity index (χ3v) is 7.70. The van der Waals surface area contributed by atoms with Crippen molar-refractivity contribution in [3.63, 3.8) is 0 Å². The van der Waals surface area contributed by atoms with E-state index in [1.54, 1.807) is 4.90 Å². The molecule has 5 nitrogen and oxygen atoms in total. The molecule has 3 rings (SSSR count). The van der Waals surface area contributed by atoms with Gasteiger partial charge in [-0.1, -0.05) is 32.4 Å². The summed E-state index contributed by atoms with van der Waals surface area (Å²) in [6.45, 7) is 8.28. The number of carboxylic acids is 1. The minimum absolute atomic E-state index is 0.0379. The van der Waals surface area contributed by atoms with E-state index in [-0.39, 0.29) is 34.3 Å². The summed E-state index contributed by atoms with van der Waals surface area (Å²) in [5.41, 5.74) is 1.68. The monoisotopic (exact) mass is 419 g/mol. The molecule has 0 aromatic carbocycles. The lowest BCUT2D eigenvalue weighted by atomic mass is 9.86. The SMILES string of the molecule is CC1=CC[C@H](C(=O)N(c2cc(C(C)(C)C)sc2C(=O)O)C2CCC(O)CC2)CC1. The molecule has 1 amide bonds. The number of hydrogen-bond acceptors (Lipinski definition) is 4. The molecule has 0 saturated heterocycles. The van der Waals surface area contributed by atoms with Gasteiger partial charge in [0, 0.05) is 16.8 Å². The highest BCUT2D eigenvalue weighted by Gasteiger charge is 2.37. The van der Waals surface area contributed by atoms with Gasteiger partial charge in [-0.3, -0.25) is 4.79 Å². The van der Waals surface area contributed by atoms with Crippen molar-refractivity contribution >= 4 is 28.9 Å². The van der Waals surface area contributed by atoms with Gasteiger partial charge in [-0.15, -0.1) is 11.3 Å². The number of carbonyl (C=O) groups is 2. The van der Waals surface area contributed by atoms with Crippen LogP contribution in [0.15, 0.2) is 17.7 Å². The van der Waals surface area contributed by atoms with E-state index in [0.717, 1.165) is 24.1 Å². The molecule has 1 saturated carbocycles. The van der Waals surface area contributed by atoms with E-state index < -0.39 is 5.97 Å². The highest BCUT2D eigenvalue weighted by Crippen LogP contribution is 2.41. The van der Waals surface area contributed by atoms with Crippen molar-refractivity contribution in [2.45, 2.75) is 90.2 Å². The lowest BCUT2D eigenvalue weighted by Gasteiger charge is -2.38. The Hall–Kier alpha value is -1.66. The Morgan fingerprint density at radius 2 is 1.79 bits per heavy atom. The Kier molecular flexibility index (Phi) is 6.54. The van der Waals surface area contributed by atoms with Gasteiger partial charge in [-0.2, -0.15) is 0 Å². The first-order valence-corrected chi connectivity index (χ1v) is 11.4. The molecule has 29 heavy (non-hydrogen) atoms. The number of carboxylic acid groups (broad SMARTS) is 1. The fraction of sp³-hybridized carbons (Fsp3) is 0.652. The number of aliphatic hydroxyl groups is 1. The molecular weight excluding hydrogens is 386 g/mol. The molecule has 0 spiro atoms. The van der Waals surface area contributed by atoms with Crippen LogP contribution in [-0.2, 0) is 10.2 Å². The summed E-state index contributed by atoms with van der Waals surface area (Å²) in [5.74, 6) is -1.05. The van der Waals surface area contributed by atoms with Crippen LogP contribution in [0.5, 0.6) is 0 Å². The van der Waals surface area contributed by atoms with E-state index in [9.17, 15) is 19.8 Å². The fourth-order valence-corrected chi connectivity index (χ4v) is 5.33. The molecule has 0 aliphatic heterocycles. The van der Waals surface area contributed by atoms with Crippen LogP contribution in [0.2, 0.25) is 0 Å². The molecular formula is C23H33NO4S. The standard InChI is InChI=1S/C23H33NO4S/c1-14-5-7-15(8-6-14)21(26)24(16-9-11-17(25)12-10-16)18-13-19(23(2,3)4)29-20(18)22(27)28/h5,13,15-17,25H,6-12H2,1-4H3,(H,27,28)/t15-,16?,17?/m0/s1. The predicted octanol–water partition coefficient (Wildman–Crippen LogP) is 5.13. The average molecular weight is 420 g/mol. The maximum Gasteiger partial charge on any atom is 0.348 e. The van der Waals surface area contributed by atoms with Gasteiger partial charge in [0.2, 0.25) is 5.91 Å². The third-order valence-electron chi connectivity index (χ3n) is 6.16. The first-order valence-electron chi connectivity index (χ1n) is 10.6. The maximum atomic E-state index is 13.7. The second-order valence-corrected chi connectivity index (χ2v) is 10.6. The van der Waals surface area contributed by atoms with Crippen LogP contribution in [-0.4, -0.2) is 34.2 Å². The van der Waals surface area contributed by atoms with Crippen LogP contribution >= 0.6 is 11.3 Å². The summed E-state index contributed by atoms with van der Waals surface area (Å²) in [5, 5.41) is 19.8. The van der Waals surface area contributed by atoms with Gasteiger partial charge in [0.1, 0.15) is 4.88 Å². The number of carbonyl (C=O) groups excluding carboxylic acids is 1. The smallest absolute Gasteiger partial charge is 0.348 e. The summed E-state index contributed by atoms with van der Waals surface area (Å²) >= 11 is 1.28. The maximum absolute atomic E-state index is 13.7. The van der Waals surface area contributed by atoms with Crippen molar-refractivity contribution in [2.75, 3.05) is 4.90 Å². The molecule has 1 fully saturated rings. The topological polar surface area (TPSA) is 77.8 Å². The van der Waals surface area contributed by atoms with Gasteiger partial charge in [0.25, 0.3) is 0 Å². The number of nitrogens with zero attached hydrogens (tertiary/aromatic N) is 1. The summed E-state index contributed by atoms with van der Waals surface area (Å²) in [6, 6.07) is 1.86. The molecule has 0 radical (unpaired) electrons. The number of aliphatic hydroxyl groups excluding tert-OH is 1. The highest BCUT2D eigenvalue weighted by atomic mass is 32.1. The first kappa shape index (κ1) is 22.0. The third kappa shape index (κ3) is 4.92. The van der Waals surface area contributed by atoms with Crippen molar-refractivity contribution < 1.29 is 19.8 Å². The van der Waals surface area contributed by atoms with Gasteiger partial charge in [0.05, 0.1) is 11.8 Å². The molecule has 0 unspecified atom stereocenters. The van der Waals surface area contributed by atoms with Gasteiger partial charge < -0.3 is 15.1 Å². The minimum Gasteiger partial charge on any atom is -0.477 e. The summed E-state index contributed by atoms with van der Waals surface area (Å²) < 4.78 is 0. The van der Waals surface area contributed by atoms with Gasteiger partial charge in [0.15, 0.2) is 0 Å². The van der Waals surface area contributed by atoms with Crippen molar-refractivity contribution in [1.82, 2.24) is 0 Å². The van der Waals surface area contributed by atoms with E-state index in [1.807, 2.05) is 6.07 Å².